The van der Waals surface area contributed by atoms with Crippen LogP contribution < -0.4 is 0 Å². The highest BCUT2D eigenvalue weighted by atomic mass is 32.2. The van der Waals surface area contributed by atoms with E-state index < -0.39 is 22.2 Å². The van der Waals surface area contributed by atoms with Crippen molar-refractivity contribution in [2.45, 2.75) is 30.0 Å². The molecule has 8 heteroatoms. The number of halogens is 3. The number of benzene rings is 1. The molecule has 3 rings (SSSR count). The van der Waals surface area contributed by atoms with Gasteiger partial charge in [0.15, 0.2) is 0 Å². The predicted molar refractivity (Wildman–Crippen MR) is 75.9 cm³/mol. The molecule has 1 aromatic heterocycles. The number of hydrogen-bond acceptors (Lipinski definition) is 2. The molecule has 120 valence electrons. The molecule has 22 heavy (non-hydrogen) atoms. The lowest BCUT2D eigenvalue weighted by Crippen LogP contribution is -2.44. The van der Waals surface area contributed by atoms with Crippen LogP contribution >= 0.6 is 0 Å². The second-order valence-corrected chi connectivity index (χ2v) is 7.29. The first-order chi connectivity index (χ1) is 10.2. The fourth-order valence-corrected chi connectivity index (χ4v) is 4.95. The maximum atomic E-state index is 13.1. The van der Waals surface area contributed by atoms with E-state index in [9.17, 15) is 21.6 Å². The molecule has 1 unspecified atom stereocenters. The zero-order valence-electron chi connectivity index (χ0n) is 11.8. The van der Waals surface area contributed by atoms with Crippen LogP contribution in [0.5, 0.6) is 0 Å². The van der Waals surface area contributed by atoms with E-state index in [4.69, 9.17) is 0 Å². The smallest absolute Gasteiger partial charge is 0.349 e. The normalized spacial score (nSPS) is 20.8. The number of aromatic nitrogens is 1. The minimum absolute atomic E-state index is 0.0753. The van der Waals surface area contributed by atoms with E-state index in [1.165, 1.54) is 6.07 Å². The first kappa shape index (κ1) is 15.4. The highest BCUT2D eigenvalue weighted by Crippen LogP contribution is 2.37. The molecule has 0 spiro atoms. The van der Waals surface area contributed by atoms with Gasteiger partial charge in [-0.15, -0.1) is 0 Å². The Morgan fingerprint density at radius 2 is 1.95 bits per heavy atom. The summed E-state index contributed by atoms with van der Waals surface area (Å²) >= 11 is 0. The molecule has 2 aromatic rings. The summed E-state index contributed by atoms with van der Waals surface area (Å²) in [6.07, 6.45) is -2.83. The molecule has 0 bridgehead atoms. The Morgan fingerprint density at radius 1 is 1.23 bits per heavy atom. The van der Waals surface area contributed by atoms with Crippen molar-refractivity contribution in [3.63, 3.8) is 0 Å². The maximum absolute atomic E-state index is 13.1. The fourth-order valence-electron chi connectivity index (χ4n) is 3.01. The minimum atomic E-state index is -4.55. The Labute approximate surface area is 126 Å². The number of hydrogen-bond donors (Lipinski definition) is 0. The quantitative estimate of drug-likeness (QED) is 0.849. The summed E-state index contributed by atoms with van der Waals surface area (Å²) in [7, 11) is -2.52. The molecular weight excluding hydrogens is 317 g/mol. The van der Waals surface area contributed by atoms with Gasteiger partial charge >= 0.3 is 6.18 Å². The molecule has 0 amide bonds. The molecule has 1 aromatic carbocycles. The van der Waals surface area contributed by atoms with Gasteiger partial charge in [0, 0.05) is 25.2 Å². The second-order valence-electron chi connectivity index (χ2n) is 5.44. The van der Waals surface area contributed by atoms with E-state index >= 15 is 0 Å². The van der Waals surface area contributed by atoms with Gasteiger partial charge < -0.3 is 4.57 Å². The van der Waals surface area contributed by atoms with Gasteiger partial charge in [-0.3, -0.25) is 0 Å². The van der Waals surface area contributed by atoms with E-state index in [0.717, 1.165) is 0 Å². The van der Waals surface area contributed by atoms with E-state index in [-0.39, 0.29) is 24.3 Å². The van der Waals surface area contributed by atoms with Crippen LogP contribution in [0.3, 0.4) is 0 Å². The SMILES string of the molecule is Cn1ccc2cccc(S(=O)(=O)N3CCCC3C(F)(F)F)c21. The Hall–Kier alpha value is -1.54. The van der Waals surface area contributed by atoms with E-state index in [2.05, 4.69) is 0 Å². The molecule has 0 N–H and O–H groups in total. The standard InChI is InChI=1S/C14H15F3N2O2S/c1-18-9-7-10-4-2-5-11(13(10)18)22(20,21)19-8-3-6-12(19)14(15,16)17/h2,4-5,7,9,12H,3,6,8H2,1H3. The van der Waals surface area contributed by atoms with Gasteiger partial charge in [-0.2, -0.15) is 17.5 Å². The predicted octanol–water partition coefficient (Wildman–Crippen LogP) is 2.89. The maximum Gasteiger partial charge on any atom is 0.405 e. The third-order valence-corrected chi connectivity index (χ3v) is 5.97. The van der Waals surface area contributed by atoms with Crippen LogP contribution in [0.1, 0.15) is 12.8 Å². The monoisotopic (exact) mass is 332 g/mol. The number of rotatable bonds is 2. The number of para-hydroxylation sites is 1. The van der Waals surface area contributed by atoms with Crippen molar-refractivity contribution in [2.24, 2.45) is 7.05 Å². The summed E-state index contributed by atoms with van der Waals surface area (Å²) in [5.41, 5.74) is 0.426. The third-order valence-electron chi connectivity index (χ3n) is 4.03. The lowest BCUT2D eigenvalue weighted by molar-refractivity contribution is -0.165. The van der Waals surface area contributed by atoms with E-state index in [1.807, 2.05) is 0 Å². The first-order valence-electron chi connectivity index (χ1n) is 6.85. The molecule has 1 fully saturated rings. The minimum Gasteiger partial charge on any atom is -0.349 e. The molecule has 1 aliphatic heterocycles. The molecule has 4 nitrogen and oxygen atoms in total. The Bertz CT molecular complexity index is 811. The Morgan fingerprint density at radius 3 is 2.64 bits per heavy atom. The van der Waals surface area contributed by atoms with Crippen molar-refractivity contribution in [3.05, 3.63) is 30.5 Å². The lowest BCUT2D eigenvalue weighted by Gasteiger charge is -2.26. The first-order valence-corrected chi connectivity index (χ1v) is 8.29. The van der Waals surface area contributed by atoms with Crippen molar-refractivity contribution in [1.82, 2.24) is 8.87 Å². The summed E-state index contributed by atoms with van der Waals surface area (Å²) in [5, 5.41) is 0.686. The van der Waals surface area contributed by atoms with E-state index in [1.54, 1.807) is 36.0 Å². The van der Waals surface area contributed by atoms with Gasteiger partial charge in [0.05, 0.1) is 5.52 Å². The highest BCUT2D eigenvalue weighted by Gasteiger charge is 2.50. The molecule has 1 saturated heterocycles. The molecule has 0 aliphatic carbocycles. The molecule has 2 heterocycles. The van der Waals surface area contributed by atoms with Crippen molar-refractivity contribution in [2.75, 3.05) is 6.54 Å². The topological polar surface area (TPSA) is 42.3 Å². The lowest BCUT2D eigenvalue weighted by atomic mass is 10.2. The molecule has 0 radical (unpaired) electrons. The van der Waals surface area contributed by atoms with Crippen molar-refractivity contribution >= 4 is 20.9 Å². The van der Waals surface area contributed by atoms with Crippen LogP contribution in [-0.2, 0) is 17.1 Å². The summed E-state index contributed by atoms with van der Waals surface area (Å²) in [5.74, 6) is 0. The molecule has 1 aliphatic rings. The zero-order chi connectivity index (χ0) is 16.1. The average Bonchev–Trinajstić information content (AvgIpc) is 3.05. The van der Waals surface area contributed by atoms with Crippen LogP contribution in [0.15, 0.2) is 35.4 Å². The van der Waals surface area contributed by atoms with Gasteiger partial charge in [-0.1, -0.05) is 12.1 Å². The number of aryl methyl sites for hydroxylation is 1. The van der Waals surface area contributed by atoms with Crippen LogP contribution in [0, 0.1) is 0 Å². The summed E-state index contributed by atoms with van der Waals surface area (Å²) < 4.78 is 67.0. The highest BCUT2D eigenvalue weighted by molar-refractivity contribution is 7.89. The van der Waals surface area contributed by atoms with Crippen LogP contribution in [-0.4, -0.2) is 36.1 Å². The third kappa shape index (κ3) is 2.30. The zero-order valence-corrected chi connectivity index (χ0v) is 12.7. The van der Waals surface area contributed by atoms with Crippen molar-refractivity contribution < 1.29 is 21.6 Å². The number of fused-ring (bicyclic) bond motifs is 1. The summed E-state index contributed by atoms with van der Waals surface area (Å²) in [4.78, 5) is -0.0753. The van der Waals surface area contributed by atoms with Crippen LogP contribution in [0.25, 0.3) is 10.9 Å². The van der Waals surface area contributed by atoms with Gasteiger partial charge in [0.1, 0.15) is 10.9 Å². The molecular formula is C14H15F3N2O2S. The summed E-state index contributed by atoms with van der Waals surface area (Å²) in [6.45, 7) is -0.104. The molecule has 1 atom stereocenters. The summed E-state index contributed by atoms with van der Waals surface area (Å²) in [6, 6.07) is 4.45. The van der Waals surface area contributed by atoms with E-state index in [0.29, 0.717) is 15.2 Å². The average molecular weight is 332 g/mol. The second kappa shape index (κ2) is 4.99. The van der Waals surface area contributed by atoms with Gasteiger partial charge in [-0.05, 0) is 25.0 Å². The Kier molecular flexibility index (Phi) is 3.48. The largest absolute Gasteiger partial charge is 0.405 e. The van der Waals surface area contributed by atoms with Gasteiger partial charge in [0.25, 0.3) is 0 Å². The number of nitrogens with zero attached hydrogens (tertiary/aromatic N) is 2. The van der Waals surface area contributed by atoms with Gasteiger partial charge in [-0.25, -0.2) is 8.42 Å². The Balaban J connectivity index is 2.15. The van der Waals surface area contributed by atoms with Crippen LogP contribution in [0.2, 0.25) is 0 Å². The van der Waals surface area contributed by atoms with Crippen LogP contribution in [0.4, 0.5) is 13.2 Å². The number of alkyl halides is 3. The van der Waals surface area contributed by atoms with Gasteiger partial charge in [0.2, 0.25) is 10.0 Å². The fraction of sp³-hybridized carbons (Fsp3) is 0.429. The van der Waals surface area contributed by atoms with Crippen molar-refractivity contribution in [1.29, 1.82) is 0 Å². The molecule has 0 saturated carbocycles. The van der Waals surface area contributed by atoms with Crippen molar-refractivity contribution in [3.8, 4) is 0 Å². The number of sulfonamides is 1.